The number of aryl methyl sites for hydroxylation is 2. The average Bonchev–Trinajstić information content (AvgIpc) is 2.72. The number of carbonyl (C=O) groups excluding carboxylic acids is 1. The SMILES string of the molecule is Cc1cc(NCC(=O)N2CCCc3ccccc32)nc(-c2cccnc2)n1. The van der Waals surface area contributed by atoms with Gasteiger partial charge < -0.3 is 10.2 Å². The van der Waals surface area contributed by atoms with Crippen LogP contribution < -0.4 is 10.2 Å². The van der Waals surface area contributed by atoms with Gasteiger partial charge in [-0.1, -0.05) is 18.2 Å². The van der Waals surface area contributed by atoms with Crippen LogP contribution in [0.2, 0.25) is 0 Å². The van der Waals surface area contributed by atoms with Crippen molar-refractivity contribution >= 4 is 17.4 Å². The molecule has 0 aliphatic carbocycles. The van der Waals surface area contributed by atoms with Gasteiger partial charge in [0.1, 0.15) is 5.82 Å². The van der Waals surface area contributed by atoms with E-state index >= 15 is 0 Å². The summed E-state index contributed by atoms with van der Waals surface area (Å²) >= 11 is 0. The van der Waals surface area contributed by atoms with Crippen LogP contribution in [0.4, 0.5) is 11.5 Å². The molecule has 0 saturated carbocycles. The van der Waals surface area contributed by atoms with Gasteiger partial charge in [0.2, 0.25) is 5.91 Å². The van der Waals surface area contributed by atoms with Crippen molar-refractivity contribution < 1.29 is 4.79 Å². The Bertz CT molecular complexity index is 958. The van der Waals surface area contributed by atoms with Crippen molar-refractivity contribution in [2.45, 2.75) is 19.8 Å². The first-order valence-corrected chi connectivity index (χ1v) is 9.09. The zero-order valence-corrected chi connectivity index (χ0v) is 15.2. The lowest BCUT2D eigenvalue weighted by atomic mass is 10.0. The minimum atomic E-state index is 0.0429. The fourth-order valence-corrected chi connectivity index (χ4v) is 3.34. The van der Waals surface area contributed by atoms with E-state index in [1.807, 2.05) is 48.2 Å². The lowest BCUT2D eigenvalue weighted by Crippen LogP contribution is -2.39. The number of hydrogen-bond donors (Lipinski definition) is 1. The van der Waals surface area contributed by atoms with E-state index in [4.69, 9.17) is 0 Å². The van der Waals surface area contributed by atoms with Gasteiger partial charge in [-0.2, -0.15) is 0 Å². The molecular weight excluding hydrogens is 338 g/mol. The fourth-order valence-electron chi connectivity index (χ4n) is 3.34. The molecule has 0 atom stereocenters. The highest BCUT2D eigenvalue weighted by Crippen LogP contribution is 2.26. The number of hydrogen-bond acceptors (Lipinski definition) is 5. The second-order valence-electron chi connectivity index (χ2n) is 6.59. The number of para-hydroxylation sites is 1. The molecule has 0 spiro atoms. The molecule has 1 aliphatic rings. The first-order chi connectivity index (χ1) is 13.2. The van der Waals surface area contributed by atoms with E-state index in [0.29, 0.717) is 11.6 Å². The van der Waals surface area contributed by atoms with Crippen molar-refractivity contribution in [2.75, 3.05) is 23.3 Å². The molecule has 2 aromatic heterocycles. The first kappa shape index (κ1) is 17.1. The molecule has 136 valence electrons. The third kappa shape index (κ3) is 3.79. The van der Waals surface area contributed by atoms with Crippen molar-refractivity contribution in [1.82, 2.24) is 15.0 Å². The largest absolute Gasteiger partial charge is 0.361 e. The van der Waals surface area contributed by atoms with Crippen molar-refractivity contribution in [3.05, 3.63) is 66.1 Å². The average molecular weight is 359 g/mol. The van der Waals surface area contributed by atoms with Gasteiger partial charge in [-0.3, -0.25) is 9.78 Å². The van der Waals surface area contributed by atoms with Crippen molar-refractivity contribution in [3.63, 3.8) is 0 Å². The smallest absolute Gasteiger partial charge is 0.246 e. The molecule has 0 fully saturated rings. The number of nitrogens with one attached hydrogen (secondary N) is 1. The van der Waals surface area contributed by atoms with Crippen LogP contribution in [-0.2, 0) is 11.2 Å². The quantitative estimate of drug-likeness (QED) is 0.774. The van der Waals surface area contributed by atoms with E-state index in [1.165, 1.54) is 5.56 Å². The van der Waals surface area contributed by atoms with Crippen LogP contribution in [-0.4, -0.2) is 33.9 Å². The minimum absolute atomic E-state index is 0.0429. The Morgan fingerprint density at radius 2 is 2.07 bits per heavy atom. The number of carbonyl (C=O) groups is 1. The van der Waals surface area contributed by atoms with Crippen molar-refractivity contribution in [3.8, 4) is 11.4 Å². The first-order valence-electron chi connectivity index (χ1n) is 9.09. The second kappa shape index (κ2) is 7.53. The van der Waals surface area contributed by atoms with E-state index in [-0.39, 0.29) is 12.5 Å². The van der Waals surface area contributed by atoms with E-state index in [1.54, 1.807) is 12.4 Å². The van der Waals surface area contributed by atoms with Gasteiger partial charge in [0, 0.05) is 41.9 Å². The molecule has 1 aliphatic heterocycles. The van der Waals surface area contributed by atoms with Crippen molar-refractivity contribution in [1.29, 1.82) is 0 Å². The van der Waals surface area contributed by atoms with Gasteiger partial charge in [-0.25, -0.2) is 9.97 Å². The van der Waals surface area contributed by atoms with Gasteiger partial charge in [0.15, 0.2) is 5.82 Å². The maximum atomic E-state index is 12.8. The molecular formula is C21H21N5O. The Kier molecular flexibility index (Phi) is 4.78. The number of anilines is 2. The summed E-state index contributed by atoms with van der Waals surface area (Å²) in [6, 6.07) is 13.7. The summed E-state index contributed by atoms with van der Waals surface area (Å²) in [6.45, 7) is 2.86. The summed E-state index contributed by atoms with van der Waals surface area (Å²) in [4.78, 5) is 27.8. The lowest BCUT2D eigenvalue weighted by molar-refractivity contribution is -0.117. The van der Waals surface area contributed by atoms with Gasteiger partial charge in [0.05, 0.1) is 6.54 Å². The Balaban J connectivity index is 1.49. The van der Waals surface area contributed by atoms with E-state index in [2.05, 4.69) is 26.3 Å². The topological polar surface area (TPSA) is 71.0 Å². The molecule has 3 heterocycles. The Morgan fingerprint density at radius 3 is 2.93 bits per heavy atom. The Hall–Kier alpha value is -3.28. The van der Waals surface area contributed by atoms with Gasteiger partial charge in [0.25, 0.3) is 0 Å². The van der Waals surface area contributed by atoms with E-state index < -0.39 is 0 Å². The summed E-state index contributed by atoms with van der Waals surface area (Å²) in [7, 11) is 0. The molecule has 1 N–H and O–H groups in total. The Labute approximate surface area is 158 Å². The number of fused-ring (bicyclic) bond motifs is 1. The summed E-state index contributed by atoms with van der Waals surface area (Å²) < 4.78 is 0. The van der Waals surface area contributed by atoms with Crippen LogP contribution in [0, 0.1) is 6.92 Å². The Morgan fingerprint density at radius 1 is 1.19 bits per heavy atom. The molecule has 6 nitrogen and oxygen atoms in total. The lowest BCUT2D eigenvalue weighted by Gasteiger charge is -2.29. The molecule has 0 saturated heterocycles. The van der Waals surface area contributed by atoms with Crippen LogP contribution in [0.5, 0.6) is 0 Å². The van der Waals surface area contributed by atoms with Crippen LogP contribution in [0.1, 0.15) is 17.7 Å². The van der Waals surface area contributed by atoms with Crippen LogP contribution in [0.15, 0.2) is 54.9 Å². The molecule has 4 rings (SSSR count). The zero-order valence-electron chi connectivity index (χ0n) is 15.2. The second-order valence-corrected chi connectivity index (χ2v) is 6.59. The predicted molar refractivity (Wildman–Crippen MR) is 106 cm³/mol. The van der Waals surface area contributed by atoms with Gasteiger partial charge in [-0.15, -0.1) is 0 Å². The number of nitrogens with zero attached hydrogens (tertiary/aromatic N) is 4. The highest BCUT2D eigenvalue weighted by Gasteiger charge is 2.21. The third-order valence-electron chi connectivity index (χ3n) is 4.61. The molecule has 1 aromatic carbocycles. The van der Waals surface area contributed by atoms with E-state index in [0.717, 1.165) is 36.3 Å². The highest BCUT2D eigenvalue weighted by atomic mass is 16.2. The summed E-state index contributed by atoms with van der Waals surface area (Å²) in [5.41, 5.74) is 3.93. The fraction of sp³-hybridized carbons (Fsp3) is 0.238. The number of aromatic nitrogens is 3. The molecule has 0 radical (unpaired) electrons. The summed E-state index contributed by atoms with van der Waals surface area (Å²) in [5, 5.41) is 3.16. The van der Waals surface area contributed by atoms with Crippen LogP contribution >= 0.6 is 0 Å². The molecule has 0 bridgehead atoms. The van der Waals surface area contributed by atoms with E-state index in [9.17, 15) is 4.79 Å². The van der Waals surface area contributed by atoms with Gasteiger partial charge in [-0.05, 0) is 43.5 Å². The third-order valence-corrected chi connectivity index (χ3v) is 4.61. The molecule has 27 heavy (non-hydrogen) atoms. The highest BCUT2D eigenvalue weighted by molar-refractivity contribution is 5.97. The van der Waals surface area contributed by atoms with Gasteiger partial charge >= 0.3 is 0 Å². The summed E-state index contributed by atoms with van der Waals surface area (Å²) in [5.74, 6) is 1.28. The van der Waals surface area contributed by atoms with Crippen molar-refractivity contribution in [2.24, 2.45) is 0 Å². The molecule has 6 heteroatoms. The molecule has 0 unspecified atom stereocenters. The van der Waals surface area contributed by atoms with Crippen LogP contribution in [0.25, 0.3) is 11.4 Å². The number of rotatable bonds is 4. The molecule has 1 amide bonds. The number of amides is 1. The minimum Gasteiger partial charge on any atom is -0.361 e. The predicted octanol–water partition coefficient (Wildman–Crippen LogP) is 3.24. The maximum Gasteiger partial charge on any atom is 0.246 e. The number of pyridine rings is 1. The maximum absolute atomic E-state index is 12.8. The monoisotopic (exact) mass is 359 g/mol. The number of benzene rings is 1. The van der Waals surface area contributed by atoms with Crippen LogP contribution in [0.3, 0.4) is 0 Å². The normalized spacial score (nSPS) is 13.1. The standard InChI is InChI=1S/C21H21N5O/c1-15-12-19(25-21(24-15)17-7-4-10-22-13-17)23-14-20(27)26-11-5-8-16-6-2-3-9-18(16)26/h2-4,6-7,9-10,12-13H,5,8,11,14H2,1H3,(H,23,24,25). The molecule has 3 aromatic rings. The zero-order chi connectivity index (χ0) is 18.6. The summed E-state index contributed by atoms with van der Waals surface area (Å²) in [6.07, 6.45) is 5.45.